The Hall–Kier alpha value is -2.15. The number of anilines is 1. The van der Waals surface area contributed by atoms with Crippen molar-refractivity contribution in [2.24, 2.45) is 7.05 Å². The van der Waals surface area contributed by atoms with Gasteiger partial charge in [-0.2, -0.15) is 5.10 Å². The molecule has 0 bridgehead atoms. The number of carbonyl (C=O) groups excluding carboxylic acids is 1. The number of aromatic nitrogens is 2. The fourth-order valence-electron chi connectivity index (χ4n) is 1.58. The topological polar surface area (TPSA) is 84.2 Å². The lowest BCUT2D eigenvalue weighted by Gasteiger charge is -2.04. The zero-order chi connectivity index (χ0) is 13.3. The Kier molecular flexibility index (Phi) is 3.15. The van der Waals surface area contributed by atoms with E-state index >= 15 is 0 Å². The van der Waals surface area contributed by atoms with E-state index in [0.29, 0.717) is 11.4 Å². The number of aromatic carboxylic acids is 1. The predicted octanol–water partition coefficient (Wildman–Crippen LogP) is 1.74. The van der Waals surface area contributed by atoms with Gasteiger partial charge in [-0.1, -0.05) is 0 Å². The van der Waals surface area contributed by atoms with Crippen molar-refractivity contribution in [3.8, 4) is 0 Å². The summed E-state index contributed by atoms with van der Waals surface area (Å²) in [5, 5.41) is 17.2. The summed E-state index contributed by atoms with van der Waals surface area (Å²) in [6, 6.07) is 3.21. The molecule has 0 atom stereocenters. The Morgan fingerprint density at radius 3 is 2.78 bits per heavy atom. The fraction of sp³-hybridized carbons (Fsp3) is 0.182. The van der Waals surface area contributed by atoms with Crippen LogP contribution in [0.4, 0.5) is 5.69 Å². The van der Waals surface area contributed by atoms with Crippen LogP contribution in [-0.2, 0) is 7.05 Å². The number of thiophene rings is 1. The van der Waals surface area contributed by atoms with Crippen LogP contribution in [0.5, 0.6) is 0 Å². The third-order valence-electron chi connectivity index (χ3n) is 2.34. The molecule has 0 saturated carbocycles. The summed E-state index contributed by atoms with van der Waals surface area (Å²) in [6.45, 7) is 1.78. The quantitative estimate of drug-likeness (QED) is 0.885. The minimum atomic E-state index is -1.05. The first kappa shape index (κ1) is 12.3. The summed E-state index contributed by atoms with van der Waals surface area (Å²) >= 11 is 1.07. The van der Waals surface area contributed by atoms with Crippen LogP contribution in [-0.4, -0.2) is 26.8 Å². The number of nitrogens with zero attached hydrogens (tertiary/aromatic N) is 2. The van der Waals surface area contributed by atoms with Crippen LogP contribution >= 0.6 is 11.3 Å². The molecule has 2 N–H and O–H groups in total. The van der Waals surface area contributed by atoms with E-state index in [1.165, 1.54) is 4.68 Å². The van der Waals surface area contributed by atoms with Crippen LogP contribution in [0.1, 0.15) is 25.9 Å². The van der Waals surface area contributed by atoms with Gasteiger partial charge in [0.1, 0.15) is 10.6 Å². The highest BCUT2D eigenvalue weighted by Crippen LogP contribution is 2.22. The maximum Gasteiger partial charge on any atom is 0.348 e. The lowest BCUT2D eigenvalue weighted by Crippen LogP contribution is -2.17. The molecule has 0 spiro atoms. The zero-order valence-corrected chi connectivity index (χ0v) is 10.6. The van der Waals surface area contributed by atoms with Crippen molar-refractivity contribution in [3.05, 3.63) is 33.8 Å². The van der Waals surface area contributed by atoms with Crippen molar-refractivity contribution in [2.75, 3.05) is 5.32 Å². The summed E-state index contributed by atoms with van der Waals surface area (Å²) in [7, 11) is 1.66. The minimum Gasteiger partial charge on any atom is -0.477 e. The van der Waals surface area contributed by atoms with Gasteiger partial charge in [-0.3, -0.25) is 9.48 Å². The highest BCUT2D eigenvalue weighted by Gasteiger charge is 2.17. The summed E-state index contributed by atoms with van der Waals surface area (Å²) in [4.78, 5) is 23.0. The van der Waals surface area contributed by atoms with Crippen molar-refractivity contribution in [1.29, 1.82) is 0 Å². The lowest BCUT2D eigenvalue weighted by atomic mass is 10.3. The van der Waals surface area contributed by atoms with Crippen molar-refractivity contribution in [1.82, 2.24) is 9.78 Å². The molecule has 0 aliphatic carbocycles. The Morgan fingerprint density at radius 2 is 2.22 bits per heavy atom. The second-order valence-electron chi connectivity index (χ2n) is 3.72. The fourth-order valence-corrected chi connectivity index (χ4v) is 2.27. The minimum absolute atomic E-state index is 0.113. The Morgan fingerprint density at radius 1 is 1.50 bits per heavy atom. The highest BCUT2D eigenvalue weighted by molar-refractivity contribution is 7.12. The first-order chi connectivity index (χ1) is 8.49. The molecule has 0 unspecified atom stereocenters. The van der Waals surface area contributed by atoms with Gasteiger partial charge >= 0.3 is 5.97 Å². The summed E-state index contributed by atoms with van der Waals surface area (Å²) in [5.41, 5.74) is 1.41. The van der Waals surface area contributed by atoms with Gasteiger partial charge in [-0.15, -0.1) is 11.3 Å². The molecule has 2 aromatic heterocycles. The van der Waals surface area contributed by atoms with Crippen molar-refractivity contribution < 1.29 is 14.7 Å². The second kappa shape index (κ2) is 4.61. The summed E-state index contributed by atoms with van der Waals surface area (Å²) in [5.74, 6) is -1.43. The number of nitrogens with one attached hydrogen (secondary N) is 1. The number of rotatable bonds is 3. The van der Waals surface area contributed by atoms with Crippen LogP contribution in [0, 0.1) is 6.92 Å². The Labute approximate surface area is 107 Å². The number of carboxylic acid groups (broad SMARTS) is 1. The van der Waals surface area contributed by atoms with E-state index in [9.17, 15) is 9.59 Å². The van der Waals surface area contributed by atoms with Crippen molar-refractivity contribution in [3.63, 3.8) is 0 Å². The van der Waals surface area contributed by atoms with Gasteiger partial charge in [-0.25, -0.2) is 4.79 Å². The van der Waals surface area contributed by atoms with Gasteiger partial charge in [0.15, 0.2) is 0 Å². The van der Waals surface area contributed by atoms with E-state index < -0.39 is 5.97 Å². The summed E-state index contributed by atoms with van der Waals surface area (Å²) in [6.07, 6.45) is 0. The molecule has 2 rings (SSSR count). The van der Waals surface area contributed by atoms with E-state index in [1.807, 2.05) is 0 Å². The monoisotopic (exact) mass is 265 g/mol. The molecule has 6 nitrogen and oxygen atoms in total. The number of carboxylic acids is 1. The summed E-state index contributed by atoms with van der Waals surface area (Å²) < 4.78 is 1.46. The second-order valence-corrected chi connectivity index (χ2v) is 4.63. The number of amides is 1. The maximum absolute atomic E-state index is 12.0. The van der Waals surface area contributed by atoms with E-state index in [4.69, 9.17) is 5.11 Å². The van der Waals surface area contributed by atoms with Crippen LogP contribution in [0.25, 0.3) is 0 Å². The standard InChI is InChI=1S/C11H11N3O3S/c1-6-5-8(14(2)13-6)10(15)12-7-3-4-18-9(7)11(16)17/h3-5H,1-2H3,(H,12,15)(H,16,17). The number of aryl methyl sites for hydroxylation is 2. The van der Waals surface area contributed by atoms with Crippen molar-refractivity contribution in [2.45, 2.75) is 6.92 Å². The first-order valence-electron chi connectivity index (χ1n) is 5.12. The van der Waals surface area contributed by atoms with Crippen LogP contribution in [0.15, 0.2) is 17.5 Å². The van der Waals surface area contributed by atoms with Gasteiger partial charge < -0.3 is 10.4 Å². The van der Waals surface area contributed by atoms with Gasteiger partial charge in [0.2, 0.25) is 0 Å². The number of hydrogen-bond acceptors (Lipinski definition) is 4. The molecule has 0 aromatic carbocycles. The predicted molar refractivity (Wildman–Crippen MR) is 67.2 cm³/mol. The van der Waals surface area contributed by atoms with Crippen LogP contribution in [0.2, 0.25) is 0 Å². The zero-order valence-electron chi connectivity index (χ0n) is 9.80. The normalized spacial score (nSPS) is 10.3. The molecule has 2 heterocycles. The maximum atomic E-state index is 12.0. The molecule has 2 aromatic rings. The number of carbonyl (C=O) groups is 2. The molecule has 18 heavy (non-hydrogen) atoms. The molecule has 7 heteroatoms. The average Bonchev–Trinajstić information content (AvgIpc) is 2.85. The molecular formula is C11H11N3O3S. The van der Waals surface area contributed by atoms with E-state index in [0.717, 1.165) is 17.0 Å². The SMILES string of the molecule is Cc1cc(C(=O)Nc2ccsc2C(=O)O)n(C)n1. The van der Waals surface area contributed by atoms with Crippen LogP contribution < -0.4 is 5.32 Å². The Bertz CT molecular complexity index is 615. The third-order valence-corrected chi connectivity index (χ3v) is 3.24. The molecule has 1 amide bonds. The van der Waals surface area contributed by atoms with Gasteiger partial charge in [-0.05, 0) is 24.4 Å². The third kappa shape index (κ3) is 2.25. The first-order valence-corrected chi connectivity index (χ1v) is 6.00. The molecule has 94 valence electrons. The van der Waals surface area contributed by atoms with Gasteiger partial charge in [0, 0.05) is 7.05 Å². The molecule has 0 radical (unpaired) electrons. The molecule has 0 aliphatic rings. The largest absolute Gasteiger partial charge is 0.477 e. The van der Waals surface area contributed by atoms with E-state index in [1.54, 1.807) is 31.5 Å². The van der Waals surface area contributed by atoms with E-state index in [2.05, 4.69) is 10.4 Å². The lowest BCUT2D eigenvalue weighted by molar-refractivity contribution is 0.0703. The van der Waals surface area contributed by atoms with Crippen molar-refractivity contribution >= 4 is 28.9 Å². The van der Waals surface area contributed by atoms with Gasteiger partial charge in [0.05, 0.1) is 11.4 Å². The molecule has 0 fully saturated rings. The Balaban J connectivity index is 2.24. The van der Waals surface area contributed by atoms with E-state index in [-0.39, 0.29) is 10.8 Å². The molecular weight excluding hydrogens is 254 g/mol. The van der Waals surface area contributed by atoms with Gasteiger partial charge in [0.25, 0.3) is 5.91 Å². The average molecular weight is 265 g/mol. The highest BCUT2D eigenvalue weighted by atomic mass is 32.1. The smallest absolute Gasteiger partial charge is 0.348 e. The number of hydrogen-bond donors (Lipinski definition) is 2. The molecule has 0 saturated heterocycles. The van der Waals surface area contributed by atoms with Crippen LogP contribution in [0.3, 0.4) is 0 Å². The molecule has 0 aliphatic heterocycles.